The molecule has 12 heavy (non-hydrogen) atoms. The number of aryl methyl sites for hydroxylation is 1. The molecule has 0 spiro atoms. The quantitative estimate of drug-likeness (QED) is 0.827. The van der Waals surface area contributed by atoms with Gasteiger partial charge in [-0.2, -0.15) is 0 Å². The first-order valence-corrected chi connectivity index (χ1v) is 4.98. The molecule has 0 aliphatic carbocycles. The maximum Gasteiger partial charge on any atom is 0.0269 e. The summed E-state index contributed by atoms with van der Waals surface area (Å²) in [5, 5.41) is 0. The van der Waals surface area contributed by atoms with Crippen molar-refractivity contribution >= 4 is 15.9 Å². The zero-order chi connectivity index (χ0) is 9.14. The third-order valence-electron chi connectivity index (χ3n) is 1.98. The minimum absolute atomic E-state index is 0.123. The van der Waals surface area contributed by atoms with Gasteiger partial charge in [0, 0.05) is 10.5 Å². The molecule has 2 heteroatoms. The second-order valence-corrected chi connectivity index (χ2v) is 3.90. The van der Waals surface area contributed by atoms with E-state index in [2.05, 4.69) is 41.1 Å². The lowest BCUT2D eigenvalue weighted by molar-refractivity contribution is 0.800. The third kappa shape index (κ3) is 2.08. The minimum atomic E-state index is 0.123. The highest BCUT2D eigenvalue weighted by atomic mass is 79.9. The van der Waals surface area contributed by atoms with Gasteiger partial charge in [0.1, 0.15) is 0 Å². The molecule has 1 atom stereocenters. The third-order valence-corrected chi connectivity index (χ3v) is 2.47. The van der Waals surface area contributed by atoms with Crippen LogP contribution in [0.25, 0.3) is 0 Å². The van der Waals surface area contributed by atoms with Crippen LogP contribution < -0.4 is 5.73 Å². The van der Waals surface area contributed by atoms with Crippen LogP contribution in [0.2, 0.25) is 0 Å². The summed E-state index contributed by atoms with van der Waals surface area (Å²) in [6.07, 6.45) is 1.05. The van der Waals surface area contributed by atoms with Crippen molar-refractivity contribution in [3.8, 4) is 0 Å². The van der Waals surface area contributed by atoms with Crippen molar-refractivity contribution in [2.75, 3.05) is 0 Å². The fourth-order valence-corrected chi connectivity index (χ4v) is 1.69. The Bertz CT molecular complexity index is 269. The van der Waals surface area contributed by atoms with Crippen LogP contribution in [0.1, 0.15) is 31.0 Å². The van der Waals surface area contributed by atoms with Crippen molar-refractivity contribution in [3.05, 3.63) is 33.8 Å². The van der Waals surface area contributed by atoms with Gasteiger partial charge in [0.25, 0.3) is 0 Å². The molecule has 1 aromatic rings. The van der Waals surface area contributed by atoms with Gasteiger partial charge in [-0.3, -0.25) is 0 Å². The Kier molecular flexibility index (Phi) is 3.29. The Hall–Kier alpha value is -0.340. The topological polar surface area (TPSA) is 26.0 Å². The molecular formula is C10H14BrN. The van der Waals surface area contributed by atoms with Gasteiger partial charge in [-0.15, -0.1) is 0 Å². The predicted molar refractivity (Wildman–Crippen MR) is 56.1 cm³/mol. The first-order valence-electron chi connectivity index (χ1n) is 4.19. The molecule has 1 aromatic carbocycles. The number of benzene rings is 1. The van der Waals surface area contributed by atoms with Gasteiger partial charge in [-0.1, -0.05) is 28.9 Å². The molecule has 1 rings (SSSR count). The summed E-state index contributed by atoms with van der Waals surface area (Å²) in [5.41, 5.74) is 8.42. The van der Waals surface area contributed by atoms with Crippen LogP contribution >= 0.6 is 15.9 Å². The molecule has 66 valence electrons. The van der Waals surface area contributed by atoms with Crippen LogP contribution in [0.4, 0.5) is 0 Å². The number of halogens is 1. The van der Waals surface area contributed by atoms with Crippen LogP contribution in [0.15, 0.2) is 22.7 Å². The van der Waals surface area contributed by atoms with E-state index in [1.807, 2.05) is 6.92 Å². The lowest BCUT2D eigenvalue weighted by atomic mass is 10.0. The highest BCUT2D eigenvalue weighted by molar-refractivity contribution is 9.10. The summed E-state index contributed by atoms with van der Waals surface area (Å²) in [6.45, 7) is 4.16. The minimum Gasteiger partial charge on any atom is -0.324 e. The van der Waals surface area contributed by atoms with Gasteiger partial charge < -0.3 is 5.73 Å². The van der Waals surface area contributed by atoms with Gasteiger partial charge in [-0.05, 0) is 36.6 Å². The van der Waals surface area contributed by atoms with Gasteiger partial charge in [0.15, 0.2) is 0 Å². The summed E-state index contributed by atoms with van der Waals surface area (Å²) < 4.78 is 1.10. The molecule has 1 nitrogen and oxygen atoms in total. The highest BCUT2D eigenvalue weighted by Crippen LogP contribution is 2.21. The molecule has 2 N–H and O–H groups in total. The van der Waals surface area contributed by atoms with E-state index in [0.29, 0.717) is 0 Å². The van der Waals surface area contributed by atoms with E-state index in [0.717, 1.165) is 10.9 Å². The molecule has 0 aliphatic heterocycles. The maximum atomic E-state index is 5.84. The van der Waals surface area contributed by atoms with Crippen LogP contribution in [-0.2, 0) is 6.42 Å². The zero-order valence-electron chi connectivity index (χ0n) is 7.47. The smallest absolute Gasteiger partial charge is 0.0269 e. The second kappa shape index (κ2) is 4.06. The van der Waals surface area contributed by atoms with E-state index >= 15 is 0 Å². The first kappa shape index (κ1) is 9.75. The Balaban J connectivity index is 3.12. The molecule has 0 aromatic heterocycles. The Labute approximate surface area is 82.1 Å². The van der Waals surface area contributed by atoms with Crippen molar-refractivity contribution in [3.63, 3.8) is 0 Å². The zero-order valence-corrected chi connectivity index (χ0v) is 9.06. The van der Waals surface area contributed by atoms with E-state index in [1.165, 1.54) is 11.1 Å². The molecule has 0 radical (unpaired) electrons. The number of hydrogen-bond acceptors (Lipinski definition) is 1. The molecule has 0 saturated heterocycles. The Morgan fingerprint density at radius 1 is 1.50 bits per heavy atom. The van der Waals surface area contributed by atoms with Crippen LogP contribution in [0.3, 0.4) is 0 Å². The van der Waals surface area contributed by atoms with Crippen LogP contribution in [-0.4, -0.2) is 0 Å². The van der Waals surface area contributed by atoms with Crippen molar-refractivity contribution in [2.45, 2.75) is 26.3 Å². The molecule has 1 unspecified atom stereocenters. The van der Waals surface area contributed by atoms with Crippen molar-refractivity contribution < 1.29 is 0 Å². The van der Waals surface area contributed by atoms with E-state index < -0.39 is 0 Å². The van der Waals surface area contributed by atoms with Crippen LogP contribution in [0, 0.1) is 0 Å². The first-order chi connectivity index (χ1) is 5.65. The normalized spacial score (nSPS) is 13.0. The molecule has 0 saturated carbocycles. The molecule has 0 amide bonds. The average Bonchev–Trinajstić information content (AvgIpc) is 2.04. The molecule has 0 fully saturated rings. The summed E-state index contributed by atoms with van der Waals surface area (Å²) in [7, 11) is 0. The van der Waals surface area contributed by atoms with E-state index in [9.17, 15) is 0 Å². The van der Waals surface area contributed by atoms with Crippen LogP contribution in [0.5, 0.6) is 0 Å². The lowest BCUT2D eigenvalue weighted by Crippen LogP contribution is -2.07. The van der Waals surface area contributed by atoms with E-state index in [4.69, 9.17) is 5.73 Å². The summed E-state index contributed by atoms with van der Waals surface area (Å²) in [6, 6.07) is 6.41. The van der Waals surface area contributed by atoms with E-state index in [-0.39, 0.29) is 6.04 Å². The molecule has 0 aliphatic rings. The average molecular weight is 228 g/mol. The van der Waals surface area contributed by atoms with Gasteiger partial charge in [-0.25, -0.2) is 0 Å². The second-order valence-electron chi connectivity index (χ2n) is 2.99. The van der Waals surface area contributed by atoms with Gasteiger partial charge in [0.05, 0.1) is 0 Å². The standard InChI is InChI=1S/C10H14BrN/c1-3-8-4-5-9(11)6-10(8)7(2)12/h4-7H,3,12H2,1-2H3. The molecule has 0 bridgehead atoms. The SMILES string of the molecule is CCc1ccc(Br)cc1C(C)N. The summed E-state index contributed by atoms with van der Waals surface area (Å²) in [5.74, 6) is 0. The monoisotopic (exact) mass is 227 g/mol. The fraction of sp³-hybridized carbons (Fsp3) is 0.400. The van der Waals surface area contributed by atoms with Gasteiger partial charge in [0.2, 0.25) is 0 Å². The Morgan fingerprint density at radius 3 is 2.67 bits per heavy atom. The van der Waals surface area contributed by atoms with E-state index in [1.54, 1.807) is 0 Å². The predicted octanol–water partition coefficient (Wildman–Crippen LogP) is 3.03. The van der Waals surface area contributed by atoms with Crippen molar-refractivity contribution in [1.82, 2.24) is 0 Å². The number of nitrogens with two attached hydrogens (primary N) is 1. The summed E-state index contributed by atoms with van der Waals surface area (Å²) in [4.78, 5) is 0. The molecular weight excluding hydrogens is 214 g/mol. The van der Waals surface area contributed by atoms with Gasteiger partial charge >= 0.3 is 0 Å². The summed E-state index contributed by atoms with van der Waals surface area (Å²) >= 11 is 3.44. The fourth-order valence-electron chi connectivity index (χ4n) is 1.31. The number of hydrogen-bond donors (Lipinski definition) is 1. The van der Waals surface area contributed by atoms with Crippen molar-refractivity contribution in [1.29, 1.82) is 0 Å². The lowest BCUT2D eigenvalue weighted by Gasteiger charge is -2.11. The Morgan fingerprint density at radius 2 is 2.17 bits per heavy atom. The van der Waals surface area contributed by atoms with Crippen molar-refractivity contribution in [2.24, 2.45) is 5.73 Å². The largest absolute Gasteiger partial charge is 0.324 e. The highest BCUT2D eigenvalue weighted by Gasteiger charge is 2.05. The number of rotatable bonds is 2. The maximum absolute atomic E-state index is 5.84. The molecule has 0 heterocycles.